The van der Waals surface area contributed by atoms with E-state index in [2.05, 4.69) is 10.3 Å². The molecule has 0 saturated heterocycles. The minimum atomic E-state index is -0.0328. The van der Waals surface area contributed by atoms with Crippen LogP contribution in [0.1, 0.15) is 5.69 Å². The van der Waals surface area contributed by atoms with Crippen molar-refractivity contribution in [2.45, 2.75) is 6.61 Å². The Morgan fingerprint density at radius 1 is 1.58 bits per heavy atom. The molecule has 1 aromatic heterocycles. The van der Waals surface area contributed by atoms with Gasteiger partial charge < -0.3 is 15.2 Å². The van der Waals surface area contributed by atoms with Crippen molar-refractivity contribution in [2.75, 3.05) is 18.5 Å². The molecule has 0 aliphatic carbocycles. The molecule has 4 heteroatoms. The molecule has 1 aliphatic heterocycles. The van der Waals surface area contributed by atoms with E-state index in [-0.39, 0.29) is 6.61 Å². The lowest BCUT2D eigenvalue weighted by Gasteiger charge is -2.17. The molecule has 1 aromatic rings. The van der Waals surface area contributed by atoms with Gasteiger partial charge in [0.15, 0.2) is 11.6 Å². The Balaban J connectivity index is 2.36. The zero-order chi connectivity index (χ0) is 8.39. The minimum Gasteiger partial charge on any atom is -0.488 e. The van der Waals surface area contributed by atoms with Crippen molar-refractivity contribution in [1.82, 2.24) is 4.98 Å². The molecule has 4 nitrogen and oxygen atoms in total. The van der Waals surface area contributed by atoms with Crippen LogP contribution in [0.3, 0.4) is 0 Å². The zero-order valence-electron chi connectivity index (χ0n) is 6.58. The van der Waals surface area contributed by atoms with E-state index in [1.54, 1.807) is 6.07 Å². The quantitative estimate of drug-likeness (QED) is 0.633. The largest absolute Gasteiger partial charge is 0.488 e. The Kier molecular flexibility index (Phi) is 1.83. The Labute approximate surface area is 70.2 Å². The highest BCUT2D eigenvalue weighted by atomic mass is 16.5. The monoisotopic (exact) mass is 166 g/mol. The highest BCUT2D eigenvalue weighted by molar-refractivity contribution is 5.51. The number of ether oxygens (including phenoxy) is 1. The van der Waals surface area contributed by atoms with Crippen molar-refractivity contribution in [3.63, 3.8) is 0 Å². The average Bonchev–Trinajstić information content (AvgIpc) is 2.17. The minimum absolute atomic E-state index is 0.0328. The Bertz CT molecular complexity index is 288. The molecule has 0 amide bonds. The van der Waals surface area contributed by atoms with Crippen molar-refractivity contribution >= 4 is 5.82 Å². The highest BCUT2D eigenvalue weighted by Gasteiger charge is 2.10. The fourth-order valence-electron chi connectivity index (χ4n) is 1.15. The van der Waals surface area contributed by atoms with Gasteiger partial charge in [-0.15, -0.1) is 0 Å². The van der Waals surface area contributed by atoms with Gasteiger partial charge in [0, 0.05) is 0 Å². The fraction of sp³-hybridized carbons (Fsp3) is 0.375. The number of pyridine rings is 1. The lowest BCUT2D eigenvalue weighted by Crippen LogP contribution is -2.19. The van der Waals surface area contributed by atoms with Crippen LogP contribution in [0, 0.1) is 0 Å². The third-order valence-electron chi connectivity index (χ3n) is 1.73. The second-order valence-corrected chi connectivity index (χ2v) is 2.58. The smallest absolute Gasteiger partial charge is 0.169 e. The third kappa shape index (κ3) is 1.21. The summed E-state index contributed by atoms with van der Waals surface area (Å²) in [5.41, 5.74) is 0.659. The van der Waals surface area contributed by atoms with Gasteiger partial charge in [-0.3, -0.25) is 0 Å². The van der Waals surface area contributed by atoms with Gasteiger partial charge in [0.25, 0.3) is 0 Å². The summed E-state index contributed by atoms with van der Waals surface area (Å²) < 4.78 is 5.32. The summed E-state index contributed by atoms with van der Waals surface area (Å²) in [4.78, 5) is 4.15. The van der Waals surface area contributed by atoms with Crippen molar-refractivity contribution in [1.29, 1.82) is 0 Å². The van der Waals surface area contributed by atoms with Crippen molar-refractivity contribution in [3.05, 3.63) is 17.8 Å². The van der Waals surface area contributed by atoms with E-state index in [0.717, 1.165) is 18.1 Å². The van der Waals surface area contributed by atoms with Crippen molar-refractivity contribution in [2.24, 2.45) is 0 Å². The van der Waals surface area contributed by atoms with Gasteiger partial charge in [0.2, 0.25) is 0 Å². The molecule has 12 heavy (non-hydrogen) atoms. The summed E-state index contributed by atoms with van der Waals surface area (Å²) in [6.45, 7) is 1.41. The molecule has 2 N–H and O–H groups in total. The summed E-state index contributed by atoms with van der Waals surface area (Å²) in [5.74, 6) is 1.49. The fourth-order valence-corrected chi connectivity index (χ4v) is 1.15. The molecule has 0 aromatic carbocycles. The first kappa shape index (κ1) is 7.36. The van der Waals surface area contributed by atoms with Gasteiger partial charge >= 0.3 is 0 Å². The van der Waals surface area contributed by atoms with Gasteiger partial charge in [-0.25, -0.2) is 4.98 Å². The molecule has 0 atom stereocenters. The third-order valence-corrected chi connectivity index (χ3v) is 1.73. The summed E-state index contributed by atoms with van der Waals surface area (Å²) >= 11 is 0. The highest BCUT2D eigenvalue weighted by Crippen LogP contribution is 2.24. The van der Waals surface area contributed by atoms with Crippen LogP contribution in [0.4, 0.5) is 5.82 Å². The number of nitrogens with zero attached hydrogens (tertiary/aromatic N) is 1. The van der Waals surface area contributed by atoms with Crippen LogP contribution in [0.5, 0.6) is 5.75 Å². The Morgan fingerprint density at radius 3 is 3.33 bits per heavy atom. The number of nitrogens with one attached hydrogen (secondary N) is 1. The maximum absolute atomic E-state index is 8.81. The summed E-state index contributed by atoms with van der Waals surface area (Å²) in [5, 5.41) is 11.9. The SMILES string of the molecule is OCc1ccc2c(n1)NCCO2. The van der Waals surface area contributed by atoms with Crippen LogP contribution in [0.15, 0.2) is 12.1 Å². The second-order valence-electron chi connectivity index (χ2n) is 2.58. The number of aromatic nitrogens is 1. The van der Waals surface area contributed by atoms with Crippen LogP contribution >= 0.6 is 0 Å². The standard InChI is InChI=1S/C8H10N2O2/c11-5-6-1-2-7-8(10-6)9-3-4-12-7/h1-2,11H,3-5H2,(H,9,10). The van der Waals surface area contributed by atoms with E-state index >= 15 is 0 Å². The van der Waals surface area contributed by atoms with E-state index in [1.165, 1.54) is 0 Å². The molecule has 0 unspecified atom stereocenters. The molecule has 0 saturated carbocycles. The molecular formula is C8H10N2O2. The molecular weight excluding hydrogens is 156 g/mol. The number of aliphatic hydroxyl groups is 1. The molecule has 0 spiro atoms. The number of hydrogen-bond acceptors (Lipinski definition) is 4. The predicted molar refractivity (Wildman–Crippen MR) is 44.1 cm³/mol. The van der Waals surface area contributed by atoms with Crippen LogP contribution in [0.25, 0.3) is 0 Å². The number of aliphatic hydroxyl groups excluding tert-OH is 1. The van der Waals surface area contributed by atoms with Crippen LogP contribution in [-0.2, 0) is 6.61 Å². The predicted octanol–water partition coefficient (Wildman–Crippen LogP) is 0.378. The molecule has 2 rings (SSSR count). The van der Waals surface area contributed by atoms with Crippen LogP contribution in [0.2, 0.25) is 0 Å². The van der Waals surface area contributed by atoms with E-state index < -0.39 is 0 Å². The van der Waals surface area contributed by atoms with Crippen LogP contribution < -0.4 is 10.1 Å². The van der Waals surface area contributed by atoms with Crippen molar-refractivity contribution < 1.29 is 9.84 Å². The average molecular weight is 166 g/mol. The van der Waals surface area contributed by atoms with Crippen LogP contribution in [-0.4, -0.2) is 23.2 Å². The normalized spacial score (nSPS) is 14.4. The number of anilines is 1. The zero-order valence-corrected chi connectivity index (χ0v) is 6.58. The molecule has 0 fully saturated rings. The van der Waals surface area contributed by atoms with Gasteiger partial charge in [-0.1, -0.05) is 0 Å². The summed E-state index contributed by atoms with van der Waals surface area (Å²) in [7, 11) is 0. The first-order valence-electron chi connectivity index (χ1n) is 3.87. The lowest BCUT2D eigenvalue weighted by atomic mass is 10.3. The molecule has 64 valence electrons. The Hall–Kier alpha value is -1.29. The maximum atomic E-state index is 8.81. The van der Waals surface area contributed by atoms with Gasteiger partial charge in [0.1, 0.15) is 6.61 Å². The summed E-state index contributed by atoms with van der Waals surface area (Å²) in [6.07, 6.45) is 0. The van der Waals surface area contributed by atoms with Crippen molar-refractivity contribution in [3.8, 4) is 5.75 Å². The number of hydrogen-bond donors (Lipinski definition) is 2. The lowest BCUT2D eigenvalue weighted by molar-refractivity contribution is 0.275. The van der Waals surface area contributed by atoms with E-state index in [0.29, 0.717) is 12.3 Å². The van der Waals surface area contributed by atoms with E-state index in [1.807, 2.05) is 6.07 Å². The van der Waals surface area contributed by atoms with E-state index in [9.17, 15) is 0 Å². The molecule has 0 radical (unpaired) electrons. The summed E-state index contributed by atoms with van der Waals surface area (Å²) in [6, 6.07) is 3.58. The molecule has 0 bridgehead atoms. The topological polar surface area (TPSA) is 54.4 Å². The van der Waals surface area contributed by atoms with Gasteiger partial charge in [-0.05, 0) is 12.1 Å². The number of rotatable bonds is 1. The second kappa shape index (κ2) is 2.98. The first-order valence-corrected chi connectivity index (χ1v) is 3.87. The van der Waals surface area contributed by atoms with E-state index in [4.69, 9.17) is 9.84 Å². The van der Waals surface area contributed by atoms with Gasteiger partial charge in [-0.2, -0.15) is 0 Å². The molecule has 1 aliphatic rings. The van der Waals surface area contributed by atoms with Gasteiger partial charge in [0.05, 0.1) is 18.8 Å². The first-order chi connectivity index (χ1) is 5.90. The molecule has 2 heterocycles. The number of fused-ring (bicyclic) bond motifs is 1. The maximum Gasteiger partial charge on any atom is 0.169 e. The Morgan fingerprint density at radius 2 is 2.50 bits per heavy atom.